The van der Waals surface area contributed by atoms with E-state index in [4.69, 9.17) is 5.11 Å². The SMILES string of the molecule is CC(C)(C)OC(=O)C(=O)C(=O)O. The molecule has 5 nitrogen and oxygen atoms in total. The molecule has 0 fully saturated rings. The van der Waals surface area contributed by atoms with Gasteiger partial charge in [-0.25, -0.2) is 9.59 Å². The number of carboxylic acids is 1. The first-order chi connectivity index (χ1) is 5.24. The second kappa shape index (κ2) is 3.34. The molecule has 0 aromatic carbocycles. The van der Waals surface area contributed by atoms with Gasteiger partial charge in [0.2, 0.25) is 0 Å². The zero-order chi connectivity index (χ0) is 9.94. The van der Waals surface area contributed by atoms with E-state index in [0.717, 1.165) is 0 Å². The quantitative estimate of drug-likeness (QED) is 0.361. The molecule has 0 rings (SSSR count). The van der Waals surface area contributed by atoms with Gasteiger partial charge in [-0.15, -0.1) is 0 Å². The highest BCUT2D eigenvalue weighted by Gasteiger charge is 2.27. The molecule has 0 bridgehead atoms. The van der Waals surface area contributed by atoms with Crippen LogP contribution >= 0.6 is 0 Å². The average molecular weight is 174 g/mol. The van der Waals surface area contributed by atoms with Gasteiger partial charge in [-0.1, -0.05) is 0 Å². The van der Waals surface area contributed by atoms with Crippen LogP contribution in [0.5, 0.6) is 0 Å². The highest BCUT2D eigenvalue weighted by atomic mass is 16.6. The Bertz CT molecular complexity index is 222. The van der Waals surface area contributed by atoms with Crippen molar-refractivity contribution in [3.8, 4) is 0 Å². The molecule has 0 spiro atoms. The van der Waals surface area contributed by atoms with Crippen molar-refractivity contribution in [1.29, 1.82) is 0 Å². The fourth-order valence-electron chi connectivity index (χ4n) is 0.412. The molecular weight excluding hydrogens is 164 g/mol. The number of aliphatic carboxylic acids is 1. The van der Waals surface area contributed by atoms with Crippen molar-refractivity contribution in [2.24, 2.45) is 0 Å². The Kier molecular flexibility index (Phi) is 2.95. The van der Waals surface area contributed by atoms with Crippen LogP contribution in [0.2, 0.25) is 0 Å². The number of carbonyl (C=O) groups is 3. The van der Waals surface area contributed by atoms with Gasteiger partial charge in [0.25, 0.3) is 0 Å². The third kappa shape index (κ3) is 3.70. The van der Waals surface area contributed by atoms with Crippen LogP contribution in [0.3, 0.4) is 0 Å². The van der Waals surface area contributed by atoms with E-state index in [1.54, 1.807) is 20.8 Å². The number of carbonyl (C=O) groups excluding carboxylic acids is 2. The van der Waals surface area contributed by atoms with Crippen LogP contribution in [0, 0.1) is 0 Å². The molecule has 0 aliphatic heterocycles. The molecule has 68 valence electrons. The van der Waals surface area contributed by atoms with E-state index < -0.39 is 23.3 Å². The Morgan fingerprint density at radius 3 is 1.83 bits per heavy atom. The van der Waals surface area contributed by atoms with E-state index in [1.165, 1.54) is 0 Å². The van der Waals surface area contributed by atoms with Gasteiger partial charge in [-0.3, -0.25) is 4.79 Å². The minimum Gasteiger partial charge on any atom is -0.475 e. The molecule has 0 aromatic heterocycles. The van der Waals surface area contributed by atoms with E-state index in [2.05, 4.69) is 4.74 Å². The molecule has 0 aliphatic carbocycles. The minimum absolute atomic E-state index is 0.845. The van der Waals surface area contributed by atoms with Crippen LogP contribution < -0.4 is 0 Å². The molecule has 12 heavy (non-hydrogen) atoms. The van der Waals surface area contributed by atoms with E-state index in [0.29, 0.717) is 0 Å². The first-order valence-corrected chi connectivity index (χ1v) is 3.24. The summed E-state index contributed by atoms with van der Waals surface area (Å²) in [5.74, 6) is -4.69. The van der Waals surface area contributed by atoms with Crippen molar-refractivity contribution in [2.45, 2.75) is 26.4 Å². The molecule has 0 radical (unpaired) electrons. The first-order valence-electron chi connectivity index (χ1n) is 3.24. The van der Waals surface area contributed by atoms with Crippen molar-refractivity contribution in [3.05, 3.63) is 0 Å². The number of carboxylic acid groups (broad SMARTS) is 1. The maximum atomic E-state index is 10.6. The summed E-state index contributed by atoms with van der Waals surface area (Å²) in [6.07, 6.45) is 0. The predicted octanol–water partition coefficient (Wildman–Crippen LogP) is -0.0182. The summed E-state index contributed by atoms with van der Waals surface area (Å²) in [7, 11) is 0. The number of rotatable bonds is 2. The third-order valence-corrected chi connectivity index (χ3v) is 0.779. The monoisotopic (exact) mass is 174 g/mol. The van der Waals surface area contributed by atoms with Crippen LogP contribution in [0.25, 0.3) is 0 Å². The second-order valence-electron chi connectivity index (χ2n) is 3.14. The number of Topliss-reactive ketones (excluding diaryl/α,β-unsaturated/α-hetero) is 1. The van der Waals surface area contributed by atoms with Gasteiger partial charge in [0.15, 0.2) is 0 Å². The number of ketones is 1. The molecular formula is C7H10O5. The lowest BCUT2D eigenvalue weighted by Crippen LogP contribution is -2.32. The Balaban J connectivity index is 4.25. The standard InChI is InChI=1S/C7H10O5/c1-7(2,3)12-6(11)4(8)5(9)10/h1-3H3,(H,9,10). The predicted molar refractivity (Wildman–Crippen MR) is 38.5 cm³/mol. The highest BCUT2D eigenvalue weighted by Crippen LogP contribution is 2.06. The van der Waals surface area contributed by atoms with E-state index in [9.17, 15) is 14.4 Å². The Morgan fingerprint density at radius 2 is 1.58 bits per heavy atom. The maximum absolute atomic E-state index is 10.6. The summed E-state index contributed by atoms with van der Waals surface area (Å²) in [6.45, 7) is 4.63. The van der Waals surface area contributed by atoms with E-state index in [-0.39, 0.29) is 0 Å². The molecule has 0 aromatic rings. The number of hydrogen-bond acceptors (Lipinski definition) is 4. The smallest absolute Gasteiger partial charge is 0.387 e. The minimum atomic E-state index is -1.80. The van der Waals surface area contributed by atoms with Crippen LogP contribution in [-0.4, -0.2) is 28.4 Å². The Hall–Kier alpha value is -1.39. The molecule has 0 saturated heterocycles. The Labute approximate surface area is 69.3 Å². The summed E-state index contributed by atoms with van der Waals surface area (Å²) in [6, 6.07) is 0. The largest absolute Gasteiger partial charge is 0.475 e. The lowest BCUT2D eigenvalue weighted by molar-refractivity contribution is -0.167. The van der Waals surface area contributed by atoms with Crippen LogP contribution in [0.4, 0.5) is 0 Å². The highest BCUT2D eigenvalue weighted by molar-refractivity contribution is 6.59. The Morgan fingerprint density at radius 1 is 1.17 bits per heavy atom. The van der Waals surface area contributed by atoms with Gasteiger partial charge in [0.05, 0.1) is 0 Å². The fraction of sp³-hybridized carbons (Fsp3) is 0.571. The molecule has 5 heteroatoms. The molecule has 0 saturated carbocycles. The summed E-state index contributed by atoms with van der Waals surface area (Å²) in [5, 5.41) is 8.10. The fourth-order valence-corrected chi connectivity index (χ4v) is 0.412. The van der Waals surface area contributed by atoms with Crippen molar-refractivity contribution >= 4 is 17.7 Å². The van der Waals surface area contributed by atoms with E-state index >= 15 is 0 Å². The molecule has 0 amide bonds. The zero-order valence-corrected chi connectivity index (χ0v) is 7.08. The number of hydrogen-bond donors (Lipinski definition) is 1. The van der Waals surface area contributed by atoms with Gasteiger partial charge in [0.1, 0.15) is 5.60 Å². The van der Waals surface area contributed by atoms with E-state index in [1.807, 2.05) is 0 Å². The van der Waals surface area contributed by atoms with Gasteiger partial charge >= 0.3 is 17.7 Å². The number of ether oxygens (including phenoxy) is 1. The van der Waals surface area contributed by atoms with Crippen molar-refractivity contribution in [1.82, 2.24) is 0 Å². The summed E-state index contributed by atoms with van der Waals surface area (Å²) in [5.41, 5.74) is -0.845. The van der Waals surface area contributed by atoms with Gasteiger partial charge in [-0.05, 0) is 20.8 Å². The maximum Gasteiger partial charge on any atom is 0.387 e. The average Bonchev–Trinajstić information content (AvgIpc) is 1.82. The normalized spacial score (nSPS) is 10.6. The molecule has 0 unspecified atom stereocenters. The van der Waals surface area contributed by atoms with Crippen molar-refractivity contribution < 1.29 is 24.2 Å². The second-order valence-corrected chi connectivity index (χ2v) is 3.14. The lowest BCUT2D eigenvalue weighted by Gasteiger charge is -2.17. The van der Waals surface area contributed by atoms with Gasteiger partial charge in [-0.2, -0.15) is 0 Å². The summed E-state index contributed by atoms with van der Waals surface area (Å²) < 4.78 is 4.49. The molecule has 0 heterocycles. The topological polar surface area (TPSA) is 80.7 Å². The van der Waals surface area contributed by atoms with Gasteiger partial charge < -0.3 is 9.84 Å². The lowest BCUT2D eigenvalue weighted by atomic mass is 10.2. The van der Waals surface area contributed by atoms with Crippen LogP contribution in [-0.2, 0) is 19.1 Å². The third-order valence-electron chi connectivity index (χ3n) is 0.779. The molecule has 1 N–H and O–H groups in total. The van der Waals surface area contributed by atoms with Crippen LogP contribution in [0.1, 0.15) is 20.8 Å². The summed E-state index contributed by atoms with van der Waals surface area (Å²) in [4.78, 5) is 31.1. The number of esters is 1. The molecule has 0 atom stereocenters. The van der Waals surface area contributed by atoms with Crippen molar-refractivity contribution in [3.63, 3.8) is 0 Å². The van der Waals surface area contributed by atoms with Gasteiger partial charge in [0, 0.05) is 0 Å². The summed E-state index contributed by atoms with van der Waals surface area (Å²) >= 11 is 0. The van der Waals surface area contributed by atoms with Crippen molar-refractivity contribution in [2.75, 3.05) is 0 Å². The molecule has 0 aliphatic rings. The first kappa shape index (κ1) is 10.6. The zero-order valence-electron chi connectivity index (χ0n) is 7.08. The van der Waals surface area contributed by atoms with Crippen LogP contribution in [0.15, 0.2) is 0 Å².